The molecule has 0 saturated heterocycles. The van der Waals surface area contributed by atoms with E-state index >= 15 is 0 Å². The molecule has 0 aliphatic rings. The molecule has 2 aromatic carbocycles. The molecule has 0 bridgehead atoms. The summed E-state index contributed by atoms with van der Waals surface area (Å²) < 4.78 is 48.8. The zero-order valence-corrected chi connectivity index (χ0v) is 12.5. The van der Waals surface area contributed by atoms with Gasteiger partial charge in [0.25, 0.3) is 0 Å². The maximum Gasteiger partial charge on any atom is 0.416 e. The van der Waals surface area contributed by atoms with Gasteiger partial charge in [0, 0.05) is 11.3 Å². The number of alkyl halides is 3. The van der Waals surface area contributed by atoms with E-state index in [9.17, 15) is 18.0 Å². The molecule has 4 nitrogen and oxygen atoms in total. The SMILES string of the molecule is COc1c(-c2ccc(C(F)(F)F)cc2)oc2ccc(N)cc2c1=O. The molecule has 0 aliphatic heterocycles. The lowest BCUT2D eigenvalue weighted by Gasteiger charge is -2.11. The Kier molecular flexibility index (Phi) is 3.71. The Morgan fingerprint density at radius 1 is 1.08 bits per heavy atom. The van der Waals surface area contributed by atoms with Gasteiger partial charge in [0.05, 0.1) is 18.1 Å². The first-order chi connectivity index (χ1) is 11.3. The second kappa shape index (κ2) is 5.59. The molecule has 0 fully saturated rings. The number of hydrogen-bond acceptors (Lipinski definition) is 4. The third-order valence-electron chi connectivity index (χ3n) is 3.55. The Bertz CT molecular complexity index is 960. The number of ether oxygens (including phenoxy) is 1. The quantitative estimate of drug-likeness (QED) is 0.717. The van der Waals surface area contributed by atoms with Gasteiger partial charge in [-0.25, -0.2) is 0 Å². The van der Waals surface area contributed by atoms with E-state index in [1.165, 1.54) is 31.4 Å². The zero-order valence-electron chi connectivity index (χ0n) is 12.5. The second-order valence-corrected chi connectivity index (χ2v) is 5.12. The van der Waals surface area contributed by atoms with Gasteiger partial charge in [-0.15, -0.1) is 0 Å². The van der Waals surface area contributed by atoms with E-state index in [0.717, 1.165) is 12.1 Å². The molecule has 0 atom stereocenters. The molecule has 0 aliphatic carbocycles. The Balaban J connectivity index is 2.22. The largest absolute Gasteiger partial charge is 0.490 e. The van der Waals surface area contributed by atoms with Gasteiger partial charge in [-0.05, 0) is 30.3 Å². The summed E-state index contributed by atoms with van der Waals surface area (Å²) in [4.78, 5) is 12.5. The minimum absolute atomic E-state index is 0.0634. The van der Waals surface area contributed by atoms with Crippen LogP contribution < -0.4 is 15.9 Å². The number of rotatable bonds is 2. The van der Waals surface area contributed by atoms with Gasteiger partial charge < -0.3 is 14.9 Å². The van der Waals surface area contributed by atoms with Gasteiger partial charge in [0.2, 0.25) is 11.2 Å². The van der Waals surface area contributed by atoms with Gasteiger partial charge in [-0.3, -0.25) is 4.79 Å². The number of anilines is 1. The molecule has 1 heterocycles. The van der Waals surface area contributed by atoms with Gasteiger partial charge >= 0.3 is 6.18 Å². The molecule has 3 rings (SSSR count). The third kappa shape index (κ3) is 2.68. The van der Waals surface area contributed by atoms with Crippen molar-refractivity contribution in [3.8, 4) is 17.1 Å². The van der Waals surface area contributed by atoms with Crippen LogP contribution in [0.5, 0.6) is 5.75 Å². The number of benzene rings is 2. The normalized spacial score (nSPS) is 11.7. The highest BCUT2D eigenvalue weighted by atomic mass is 19.4. The fourth-order valence-corrected chi connectivity index (χ4v) is 2.38. The van der Waals surface area contributed by atoms with Crippen LogP contribution in [0.3, 0.4) is 0 Å². The summed E-state index contributed by atoms with van der Waals surface area (Å²) in [5.41, 5.74) is 5.39. The minimum Gasteiger partial charge on any atom is -0.490 e. The fourth-order valence-electron chi connectivity index (χ4n) is 2.38. The number of methoxy groups -OCH3 is 1. The van der Waals surface area contributed by atoms with E-state index in [1.54, 1.807) is 6.07 Å². The second-order valence-electron chi connectivity index (χ2n) is 5.12. The molecule has 124 valence electrons. The van der Waals surface area contributed by atoms with Crippen molar-refractivity contribution in [2.24, 2.45) is 0 Å². The number of halogens is 3. The number of hydrogen-bond donors (Lipinski definition) is 1. The fraction of sp³-hybridized carbons (Fsp3) is 0.118. The Labute approximate surface area is 134 Å². The molecule has 2 N–H and O–H groups in total. The maximum atomic E-state index is 12.7. The van der Waals surface area contributed by atoms with Crippen molar-refractivity contribution in [2.45, 2.75) is 6.18 Å². The highest BCUT2D eigenvalue weighted by Gasteiger charge is 2.30. The van der Waals surface area contributed by atoms with Crippen LogP contribution in [-0.4, -0.2) is 7.11 Å². The Morgan fingerprint density at radius 3 is 2.33 bits per heavy atom. The average Bonchev–Trinajstić information content (AvgIpc) is 2.54. The first kappa shape index (κ1) is 15.9. The molecule has 7 heteroatoms. The van der Waals surface area contributed by atoms with E-state index in [-0.39, 0.29) is 22.5 Å². The molecule has 0 spiro atoms. The van der Waals surface area contributed by atoms with E-state index in [0.29, 0.717) is 11.3 Å². The predicted octanol–water partition coefficient (Wildman–Crippen LogP) is 4.07. The maximum absolute atomic E-state index is 12.7. The highest BCUT2D eigenvalue weighted by molar-refractivity contribution is 5.84. The monoisotopic (exact) mass is 335 g/mol. The van der Waals surface area contributed by atoms with Crippen molar-refractivity contribution in [1.82, 2.24) is 0 Å². The lowest BCUT2D eigenvalue weighted by atomic mass is 10.1. The number of nitrogen functional groups attached to an aromatic ring is 1. The third-order valence-corrected chi connectivity index (χ3v) is 3.55. The molecule has 0 radical (unpaired) electrons. The summed E-state index contributed by atoms with van der Waals surface area (Å²) in [5, 5.41) is 0.238. The molecule has 24 heavy (non-hydrogen) atoms. The number of fused-ring (bicyclic) bond motifs is 1. The molecule has 1 aromatic heterocycles. The van der Waals surface area contributed by atoms with Crippen LogP contribution in [0.15, 0.2) is 51.7 Å². The molecule has 0 unspecified atom stereocenters. The molecule has 0 amide bonds. The zero-order chi connectivity index (χ0) is 17.5. The smallest absolute Gasteiger partial charge is 0.416 e. The highest BCUT2D eigenvalue weighted by Crippen LogP contribution is 2.34. The topological polar surface area (TPSA) is 65.5 Å². The Morgan fingerprint density at radius 2 is 1.75 bits per heavy atom. The van der Waals surface area contributed by atoms with Crippen LogP contribution in [0.1, 0.15) is 5.56 Å². The summed E-state index contributed by atoms with van der Waals surface area (Å²) in [7, 11) is 1.29. The standard InChI is InChI=1S/C17H12F3NO3/c1-23-16-14(22)12-8-11(21)6-7-13(12)24-15(16)9-2-4-10(5-3-9)17(18,19)20/h2-8H,21H2,1H3. The van der Waals surface area contributed by atoms with Crippen LogP contribution in [-0.2, 0) is 6.18 Å². The summed E-state index contributed by atoms with van der Waals surface area (Å²) in [6.45, 7) is 0. The van der Waals surface area contributed by atoms with Gasteiger partial charge in [0.15, 0.2) is 5.76 Å². The van der Waals surface area contributed by atoms with Crippen LogP contribution >= 0.6 is 0 Å². The molecular formula is C17H12F3NO3. The van der Waals surface area contributed by atoms with Crippen LogP contribution in [0, 0.1) is 0 Å². The predicted molar refractivity (Wildman–Crippen MR) is 83.9 cm³/mol. The van der Waals surface area contributed by atoms with Crippen molar-refractivity contribution in [3.63, 3.8) is 0 Å². The molecule has 0 saturated carbocycles. The van der Waals surface area contributed by atoms with E-state index in [2.05, 4.69) is 0 Å². The lowest BCUT2D eigenvalue weighted by molar-refractivity contribution is -0.137. The van der Waals surface area contributed by atoms with Crippen LogP contribution in [0.2, 0.25) is 0 Å². The van der Waals surface area contributed by atoms with Crippen LogP contribution in [0.4, 0.5) is 18.9 Å². The molecule has 3 aromatic rings. The van der Waals surface area contributed by atoms with Crippen LogP contribution in [0.25, 0.3) is 22.3 Å². The van der Waals surface area contributed by atoms with Crippen molar-refractivity contribution in [1.29, 1.82) is 0 Å². The van der Waals surface area contributed by atoms with Crippen molar-refractivity contribution in [3.05, 3.63) is 58.3 Å². The minimum atomic E-state index is -4.44. The van der Waals surface area contributed by atoms with Gasteiger partial charge in [0.1, 0.15) is 5.58 Å². The summed E-state index contributed by atoms with van der Waals surface area (Å²) in [6, 6.07) is 8.84. The summed E-state index contributed by atoms with van der Waals surface area (Å²) >= 11 is 0. The van der Waals surface area contributed by atoms with E-state index in [4.69, 9.17) is 14.9 Å². The van der Waals surface area contributed by atoms with E-state index in [1.807, 2.05) is 0 Å². The Hall–Kier alpha value is -2.96. The molecular weight excluding hydrogens is 323 g/mol. The average molecular weight is 335 g/mol. The summed E-state index contributed by atoms with van der Waals surface area (Å²) in [6.07, 6.45) is -4.44. The van der Waals surface area contributed by atoms with Crippen molar-refractivity contribution >= 4 is 16.7 Å². The van der Waals surface area contributed by atoms with Crippen molar-refractivity contribution in [2.75, 3.05) is 12.8 Å². The summed E-state index contributed by atoms with van der Waals surface area (Å²) in [5.74, 6) is -0.0265. The first-order valence-corrected chi connectivity index (χ1v) is 6.89. The van der Waals surface area contributed by atoms with E-state index < -0.39 is 17.2 Å². The first-order valence-electron chi connectivity index (χ1n) is 6.89. The van der Waals surface area contributed by atoms with Gasteiger partial charge in [-0.2, -0.15) is 13.2 Å². The van der Waals surface area contributed by atoms with Gasteiger partial charge in [-0.1, -0.05) is 12.1 Å². The lowest BCUT2D eigenvalue weighted by Crippen LogP contribution is -2.08. The number of nitrogens with two attached hydrogens (primary N) is 1. The van der Waals surface area contributed by atoms with Crippen molar-refractivity contribution < 1.29 is 22.3 Å².